The van der Waals surface area contributed by atoms with Gasteiger partial charge in [-0.2, -0.15) is 0 Å². The number of pyridine rings is 1. The average Bonchev–Trinajstić information content (AvgIpc) is 2.64. The van der Waals surface area contributed by atoms with E-state index in [1.165, 1.54) is 11.1 Å². The third-order valence-electron chi connectivity index (χ3n) is 4.45. The summed E-state index contributed by atoms with van der Waals surface area (Å²) in [6, 6.07) is 14.1. The number of hydrogen-bond acceptors (Lipinski definition) is 3. The molecular formula is C20H24N2O2. The Hall–Kier alpha value is -2.20. The van der Waals surface area contributed by atoms with Crippen molar-refractivity contribution in [2.75, 3.05) is 13.2 Å². The standard InChI is InChI=1S/C20H24N2O2/c1-15-7-9-16(10-8-15)13-19(18-6-2-3-11-21-18)22-20(23)17-5-4-12-24-14-17/h2-3,6-11,17,19H,4-5,12-14H2,1H3,(H,22,23)/t17-,19-/m1/s1. The molecule has 2 aromatic rings. The molecule has 0 bridgehead atoms. The van der Waals surface area contributed by atoms with Crippen LogP contribution in [0.1, 0.15) is 35.7 Å². The number of rotatable bonds is 5. The first-order valence-corrected chi connectivity index (χ1v) is 8.57. The van der Waals surface area contributed by atoms with Crippen molar-refractivity contribution < 1.29 is 9.53 Å². The van der Waals surface area contributed by atoms with E-state index in [1.54, 1.807) is 6.20 Å². The summed E-state index contributed by atoms with van der Waals surface area (Å²) in [5.74, 6) is 0.0143. The Kier molecular flexibility index (Phi) is 5.59. The minimum Gasteiger partial charge on any atom is -0.381 e. The van der Waals surface area contributed by atoms with Gasteiger partial charge >= 0.3 is 0 Å². The van der Waals surface area contributed by atoms with Crippen LogP contribution in [-0.4, -0.2) is 24.1 Å². The molecule has 1 aliphatic heterocycles. The number of aryl methyl sites for hydroxylation is 1. The van der Waals surface area contributed by atoms with Gasteiger partial charge in [0.05, 0.1) is 24.3 Å². The molecule has 1 aromatic carbocycles. The first-order chi connectivity index (χ1) is 11.7. The molecule has 1 saturated heterocycles. The molecular weight excluding hydrogens is 300 g/mol. The van der Waals surface area contributed by atoms with Crippen molar-refractivity contribution in [1.82, 2.24) is 10.3 Å². The monoisotopic (exact) mass is 324 g/mol. The second-order valence-corrected chi connectivity index (χ2v) is 6.42. The van der Waals surface area contributed by atoms with Gasteiger partial charge in [-0.25, -0.2) is 0 Å². The Labute approximate surface area is 143 Å². The van der Waals surface area contributed by atoms with E-state index in [0.717, 1.165) is 31.6 Å². The molecule has 1 aromatic heterocycles. The van der Waals surface area contributed by atoms with Gasteiger partial charge in [-0.15, -0.1) is 0 Å². The molecule has 1 amide bonds. The molecule has 0 unspecified atom stereocenters. The van der Waals surface area contributed by atoms with Crippen molar-refractivity contribution in [2.45, 2.75) is 32.2 Å². The van der Waals surface area contributed by atoms with Crippen LogP contribution in [0.15, 0.2) is 48.7 Å². The lowest BCUT2D eigenvalue weighted by Crippen LogP contribution is -2.38. The largest absolute Gasteiger partial charge is 0.381 e. The average molecular weight is 324 g/mol. The van der Waals surface area contributed by atoms with Gasteiger partial charge in [0, 0.05) is 12.8 Å². The minimum absolute atomic E-state index is 0.0528. The Balaban J connectivity index is 1.74. The predicted molar refractivity (Wildman–Crippen MR) is 93.5 cm³/mol. The molecule has 1 N–H and O–H groups in total. The summed E-state index contributed by atoms with van der Waals surface area (Å²) in [6.07, 6.45) is 4.35. The number of carbonyl (C=O) groups is 1. The number of nitrogens with one attached hydrogen (secondary N) is 1. The van der Waals surface area contributed by atoms with Crippen molar-refractivity contribution in [1.29, 1.82) is 0 Å². The first kappa shape index (κ1) is 16.7. The number of aromatic nitrogens is 1. The fourth-order valence-corrected chi connectivity index (χ4v) is 3.01. The fraction of sp³-hybridized carbons (Fsp3) is 0.400. The zero-order valence-electron chi connectivity index (χ0n) is 14.1. The number of ether oxygens (including phenoxy) is 1. The van der Waals surface area contributed by atoms with E-state index in [-0.39, 0.29) is 17.9 Å². The van der Waals surface area contributed by atoms with E-state index in [2.05, 4.69) is 41.5 Å². The molecule has 2 heterocycles. The van der Waals surface area contributed by atoms with E-state index in [9.17, 15) is 4.79 Å². The lowest BCUT2D eigenvalue weighted by molar-refractivity contribution is -0.129. The Bertz CT molecular complexity index is 649. The molecule has 0 radical (unpaired) electrons. The van der Waals surface area contributed by atoms with Crippen molar-refractivity contribution in [3.05, 3.63) is 65.5 Å². The summed E-state index contributed by atoms with van der Waals surface area (Å²) >= 11 is 0. The summed E-state index contributed by atoms with van der Waals surface area (Å²) in [4.78, 5) is 17.1. The van der Waals surface area contributed by atoms with Gasteiger partial charge in [-0.1, -0.05) is 35.9 Å². The maximum Gasteiger partial charge on any atom is 0.225 e. The minimum atomic E-state index is -0.122. The molecule has 1 fully saturated rings. The molecule has 3 rings (SSSR count). The third kappa shape index (κ3) is 4.42. The van der Waals surface area contributed by atoms with Crippen LogP contribution in [0.4, 0.5) is 0 Å². The van der Waals surface area contributed by atoms with Gasteiger partial charge in [0.1, 0.15) is 0 Å². The van der Waals surface area contributed by atoms with E-state index in [4.69, 9.17) is 4.74 Å². The summed E-state index contributed by atoms with van der Waals surface area (Å²) in [6.45, 7) is 3.35. The van der Waals surface area contributed by atoms with Gasteiger partial charge < -0.3 is 10.1 Å². The summed E-state index contributed by atoms with van der Waals surface area (Å²) in [5, 5.41) is 3.18. The maximum atomic E-state index is 12.6. The van der Waals surface area contributed by atoms with Gasteiger partial charge in [0.15, 0.2) is 0 Å². The highest BCUT2D eigenvalue weighted by molar-refractivity contribution is 5.79. The number of nitrogens with zero attached hydrogens (tertiary/aromatic N) is 1. The van der Waals surface area contributed by atoms with Crippen LogP contribution in [-0.2, 0) is 16.0 Å². The summed E-state index contributed by atoms with van der Waals surface area (Å²) < 4.78 is 5.45. The molecule has 1 aliphatic rings. The normalized spacial score (nSPS) is 18.8. The topological polar surface area (TPSA) is 51.2 Å². The second kappa shape index (κ2) is 8.06. The molecule has 126 valence electrons. The van der Waals surface area contributed by atoms with Gasteiger partial charge in [0.2, 0.25) is 5.91 Å². The van der Waals surface area contributed by atoms with Crippen LogP contribution >= 0.6 is 0 Å². The molecule has 0 aliphatic carbocycles. The van der Waals surface area contributed by atoms with Crippen LogP contribution in [0.3, 0.4) is 0 Å². The van der Waals surface area contributed by atoms with E-state index in [1.807, 2.05) is 18.2 Å². The highest BCUT2D eigenvalue weighted by Gasteiger charge is 2.25. The van der Waals surface area contributed by atoms with Gasteiger partial charge in [-0.05, 0) is 43.9 Å². The smallest absolute Gasteiger partial charge is 0.225 e. The van der Waals surface area contributed by atoms with Crippen molar-refractivity contribution >= 4 is 5.91 Å². The number of hydrogen-bond donors (Lipinski definition) is 1. The van der Waals surface area contributed by atoms with Gasteiger partial charge in [-0.3, -0.25) is 9.78 Å². The molecule has 2 atom stereocenters. The lowest BCUT2D eigenvalue weighted by atomic mass is 9.98. The Morgan fingerprint density at radius 2 is 2.12 bits per heavy atom. The summed E-state index contributed by atoms with van der Waals surface area (Å²) in [5.41, 5.74) is 3.32. The van der Waals surface area contributed by atoms with Gasteiger partial charge in [0.25, 0.3) is 0 Å². The Morgan fingerprint density at radius 1 is 1.29 bits per heavy atom. The SMILES string of the molecule is Cc1ccc(C[C@@H](NC(=O)[C@@H]2CCCOC2)c2ccccn2)cc1. The number of carbonyl (C=O) groups excluding carboxylic acids is 1. The molecule has 4 heteroatoms. The first-order valence-electron chi connectivity index (χ1n) is 8.57. The Morgan fingerprint density at radius 3 is 2.79 bits per heavy atom. The lowest BCUT2D eigenvalue weighted by Gasteiger charge is -2.25. The van der Waals surface area contributed by atoms with Crippen LogP contribution in [0.5, 0.6) is 0 Å². The van der Waals surface area contributed by atoms with Crippen LogP contribution in [0, 0.1) is 12.8 Å². The number of amides is 1. The predicted octanol–water partition coefficient (Wildman–Crippen LogP) is 3.22. The fourth-order valence-electron chi connectivity index (χ4n) is 3.01. The van der Waals surface area contributed by atoms with Crippen LogP contribution < -0.4 is 5.32 Å². The zero-order valence-corrected chi connectivity index (χ0v) is 14.1. The molecule has 0 spiro atoms. The molecule has 4 nitrogen and oxygen atoms in total. The number of benzene rings is 1. The van der Waals surface area contributed by atoms with E-state index < -0.39 is 0 Å². The van der Waals surface area contributed by atoms with Crippen molar-refractivity contribution in [3.63, 3.8) is 0 Å². The van der Waals surface area contributed by atoms with E-state index in [0.29, 0.717) is 6.61 Å². The molecule has 24 heavy (non-hydrogen) atoms. The highest BCUT2D eigenvalue weighted by atomic mass is 16.5. The zero-order chi connectivity index (χ0) is 16.8. The highest BCUT2D eigenvalue weighted by Crippen LogP contribution is 2.20. The van der Waals surface area contributed by atoms with Crippen LogP contribution in [0.2, 0.25) is 0 Å². The maximum absolute atomic E-state index is 12.6. The quantitative estimate of drug-likeness (QED) is 0.919. The van der Waals surface area contributed by atoms with Crippen LogP contribution in [0.25, 0.3) is 0 Å². The molecule has 0 saturated carbocycles. The summed E-state index contributed by atoms with van der Waals surface area (Å²) in [7, 11) is 0. The third-order valence-corrected chi connectivity index (χ3v) is 4.45. The van der Waals surface area contributed by atoms with E-state index >= 15 is 0 Å². The van der Waals surface area contributed by atoms with Crippen molar-refractivity contribution in [2.24, 2.45) is 5.92 Å². The van der Waals surface area contributed by atoms with Crippen molar-refractivity contribution in [3.8, 4) is 0 Å². The second-order valence-electron chi connectivity index (χ2n) is 6.42.